The van der Waals surface area contributed by atoms with Gasteiger partial charge in [0.05, 0.1) is 25.4 Å². The van der Waals surface area contributed by atoms with Crippen LogP contribution in [0.1, 0.15) is 18.1 Å². The van der Waals surface area contributed by atoms with Crippen molar-refractivity contribution in [1.82, 2.24) is 20.0 Å². The Balaban J connectivity index is 1.75. The lowest BCUT2D eigenvalue weighted by Crippen LogP contribution is -2.32. The summed E-state index contributed by atoms with van der Waals surface area (Å²) in [7, 11) is 3.68. The van der Waals surface area contributed by atoms with E-state index in [0.29, 0.717) is 24.5 Å². The molecule has 0 spiro atoms. The molecular weight excluding hydrogens is 434 g/mol. The highest BCUT2D eigenvalue weighted by atomic mass is 16.5. The van der Waals surface area contributed by atoms with Crippen molar-refractivity contribution < 1.29 is 14.3 Å². The zero-order chi connectivity index (χ0) is 24.5. The van der Waals surface area contributed by atoms with Crippen LogP contribution in [0.3, 0.4) is 0 Å². The number of rotatable bonds is 9. The molecule has 0 bridgehead atoms. The first kappa shape index (κ1) is 24.7. The van der Waals surface area contributed by atoms with Crippen LogP contribution in [-0.4, -0.2) is 53.9 Å². The maximum Gasteiger partial charge on any atom is 0.411 e. The Kier molecular flexibility index (Phi) is 8.53. The smallest absolute Gasteiger partial charge is 0.411 e. The van der Waals surface area contributed by atoms with Crippen LogP contribution in [0.4, 0.5) is 10.5 Å². The molecule has 3 rings (SSSR count). The minimum atomic E-state index is -0.533. The molecule has 0 saturated heterocycles. The van der Waals surface area contributed by atoms with Gasteiger partial charge in [-0.05, 0) is 56.4 Å². The first-order chi connectivity index (χ1) is 16.3. The highest BCUT2D eigenvalue weighted by Crippen LogP contribution is 2.18. The fourth-order valence-electron chi connectivity index (χ4n) is 3.31. The quantitative estimate of drug-likeness (QED) is 0.506. The molecule has 0 aliphatic rings. The summed E-state index contributed by atoms with van der Waals surface area (Å²) in [5, 5.41) is 10.1. The Hall–Kier alpha value is -3.98. The van der Waals surface area contributed by atoms with Gasteiger partial charge in [-0.25, -0.2) is 9.48 Å². The average Bonchev–Trinajstić information content (AvgIpc) is 2.79. The first-order valence-corrected chi connectivity index (χ1v) is 11.0. The highest BCUT2D eigenvalue weighted by molar-refractivity contribution is 5.84. The van der Waals surface area contributed by atoms with E-state index in [9.17, 15) is 14.4 Å². The monoisotopic (exact) mass is 463 g/mol. The van der Waals surface area contributed by atoms with Gasteiger partial charge in [-0.15, -0.1) is 0 Å². The molecule has 3 aromatic rings. The van der Waals surface area contributed by atoms with Gasteiger partial charge in [-0.2, -0.15) is 5.10 Å². The summed E-state index contributed by atoms with van der Waals surface area (Å²) in [6.45, 7) is 2.98. The molecule has 0 aliphatic heterocycles. The van der Waals surface area contributed by atoms with Gasteiger partial charge in [-0.3, -0.25) is 14.9 Å². The first-order valence-electron chi connectivity index (χ1n) is 11.0. The summed E-state index contributed by atoms with van der Waals surface area (Å²) in [6.07, 6.45) is -0.533. The average molecular weight is 464 g/mol. The van der Waals surface area contributed by atoms with Gasteiger partial charge >= 0.3 is 6.09 Å². The molecule has 2 aromatic carbocycles. The van der Waals surface area contributed by atoms with Crippen molar-refractivity contribution in [3.63, 3.8) is 0 Å². The van der Waals surface area contributed by atoms with Crippen LogP contribution in [0.15, 0.2) is 65.5 Å². The van der Waals surface area contributed by atoms with Crippen LogP contribution in [0.2, 0.25) is 0 Å². The van der Waals surface area contributed by atoms with Gasteiger partial charge in [0, 0.05) is 23.9 Å². The zero-order valence-electron chi connectivity index (χ0n) is 19.6. The lowest BCUT2D eigenvalue weighted by molar-refractivity contribution is -0.121. The van der Waals surface area contributed by atoms with Gasteiger partial charge in [0.25, 0.3) is 5.56 Å². The lowest BCUT2D eigenvalue weighted by atomic mass is 10.1. The topological polar surface area (TPSA) is 106 Å². The standard InChI is InChI=1S/C25H29N5O4/c1-4-34-25(33)27-21-10-6-8-19(14-21)16-30-24(32)12-11-22(28-30)20-9-5-7-18(13-20)15-26-23(31)17-29(2)3/h5-14H,4,15-17H2,1-3H3,(H,26,31)(H,27,33). The third-order valence-corrected chi connectivity index (χ3v) is 4.82. The fourth-order valence-corrected chi connectivity index (χ4v) is 3.31. The Labute approximate surface area is 198 Å². The fraction of sp³-hybridized carbons (Fsp3) is 0.280. The van der Waals surface area contributed by atoms with Crippen LogP contribution >= 0.6 is 0 Å². The summed E-state index contributed by atoms with van der Waals surface area (Å²) in [5.74, 6) is -0.0539. The number of anilines is 1. The molecule has 1 aromatic heterocycles. The van der Waals surface area contributed by atoms with E-state index in [1.54, 1.807) is 31.2 Å². The van der Waals surface area contributed by atoms with Crippen LogP contribution < -0.4 is 16.2 Å². The lowest BCUT2D eigenvalue weighted by Gasteiger charge is -2.11. The highest BCUT2D eigenvalue weighted by Gasteiger charge is 2.08. The summed E-state index contributed by atoms with van der Waals surface area (Å²) >= 11 is 0. The second-order valence-corrected chi connectivity index (χ2v) is 7.98. The second kappa shape index (κ2) is 11.8. The van der Waals surface area contributed by atoms with Crippen molar-refractivity contribution in [1.29, 1.82) is 0 Å². The molecule has 0 atom stereocenters. The number of aromatic nitrogens is 2. The van der Waals surface area contributed by atoms with E-state index < -0.39 is 6.09 Å². The molecular formula is C25H29N5O4. The van der Waals surface area contributed by atoms with Crippen molar-refractivity contribution in [2.45, 2.75) is 20.0 Å². The van der Waals surface area contributed by atoms with Crippen molar-refractivity contribution in [3.8, 4) is 11.3 Å². The Morgan fingerprint density at radius 1 is 1.03 bits per heavy atom. The largest absolute Gasteiger partial charge is 0.450 e. The molecule has 2 N–H and O–H groups in total. The third kappa shape index (κ3) is 7.28. The number of benzene rings is 2. The number of hydrogen-bond donors (Lipinski definition) is 2. The van der Waals surface area contributed by atoms with E-state index in [2.05, 4.69) is 15.7 Å². The van der Waals surface area contributed by atoms with E-state index in [4.69, 9.17) is 4.74 Å². The minimum absolute atomic E-state index is 0.0539. The molecule has 0 saturated carbocycles. The van der Waals surface area contributed by atoms with Gasteiger partial charge in [-0.1, -0.05) is 30.3 Å². The van der Waals surface area contributed by atoms with E-state index in [1.165, 1.54) is 10.7 Å². The summed E-state index contributed by atoms with van der Waals surface area (Å²) in [4.78, 5) is 37.8. The van der Waals surface area contributed by atoms with Crippen molar-refractivity contribution >= 4 is 17.7 Å². The predicted molar refractivity (Wildman–Crippen MR) is 131 cm³/mol. The molecule has 9 nitrogen and oxygen atoms in total. The van der Waals surface area contributed by atoms with Gasteiger partial charge in [0.15, 0.2) is 0 Å². The number of carbonyl (C=O) groups is 2. The summed E-state index contributed by atoms with van der Waals surface area (Å²) in [6, 6.07) is 18.0. The van der Waals surface area contributed by atoms with Gasteiger partial charge < -0.3 is 15.0 Å². The molecule has 9 heteroatoms. The van der Waals surface area contributed by atoms with Crippen LogP contribution in [0.25, 0.3) is 11.3 Å². The number of likely N-dealkylation sites (N-methyl/N-ethyl adjacent to an activating group) is 1. The van der Waals surface area contributed by atoms with Crippen LogP contribution in [-0.2, 0) is 22.6 Å². The van der Waals surface area contributed by atoms with E-state index in [1.807, 2.05) is 49.3 Å². The maximum atomic E-state index is 12.4. The summed E-state index contributed by atoms with van der Waals surface area (Å²) < 4.78 is 6.28. The third-order valence-electron chi connectivity index (χ3n) is 4.82. The maximum absolute atomic E-state index is 12.4. The zero-order valence-corrected chi connectivity index (χ0v) is 19.6. The number of amides is 2. The predicted octanol–water partition coefficient (Wildman–Crippen LogP) is 2.70. The molecule has 1 heterocycles. The SMILES string of the molecule is CCOC(=O)Nc1cccc(Cn2nc(-c3cccc(CNC(=O)CN(C)C)c3)ccc2=O)c1. The number of nitrogens with one attached hydrogen (secondary N) is 2. The number of nitrogens with zero attached hydrogens (tertiary/aromatic N) is 3. The summed E-state index contributed by atoms with van der Waals surface area (Å²) in [5.41, 5.74) is 3.55. The van der Waals surface area contributed by atoms with Crippen molar-refractivity contribution in [2.75, 3.05) is 32.6 Å². The van der Waals surface area contributed by atoms with E-state index in [0.717, 1.165) is 16.7 Å². The number of ether oxygens (including phenoxy) is 1. The Bertz CT molecular complexity index is 1210. The van der Waals surface area contributed by atoms with Crippen LogP contribution in [0, 0.1) is 0 Å². The molecule has 2 amide bonds. The minimum Gasteiger partial charge on any atom is -0.450 e. The van der Waals surface area contributed by atoms with Gasteiger partial charge in [0.2, 0.25) is 5.91 Å². The second-order valence-electron chi connectivity index (χ2n) is 7.98. The molecule has 0 aliphatic carbocycles. The van der Waals surface area contributed by atoms with Crippen molar-refractivity contribution in [2.24, 2.45) is 0 Å². The van der Waals surface area contributed by atoms with Gasteiger partial charge in [0.1, 0.15) is 0 Å². The van der Waals surface area contributed by atoms with Crippen LogP contribution in [0.5, 0.6) is 0 Å². The molecule has 34 heavy (non-hydrogen) atoms. The molecule has 0 unspecified atom stereocenters. The normalized spacial score (nSPS) is 10.7. The Morgan fingerprint density at radius 3 is 2.56 bits per heavy atom. The van der Waals surface area contributed by atoms with E-state index in [-0.39, 0.29) is 24.6 Å². The number of hydrogen-bond acceptors (Lipinski definition) is 6. The molecule has 178 valence electrons. The number of carbonyl (C=O) groups excluding carboxylic acids is 2. The molecule has 0 radical (unpaired) electrons. The van der Waals surface area contributed by atoms with Crippen molar-refractivity contribution in [3.05, 3.63) is 82.1 Å². The Morgan fingerprint density at radius 2 is 1.79 bits per heavy atom. The molecule has 0 fully saturated rings. The van der Waals surface area contributed by atoms with E-state index >= 15 is 0 Å².